The maximum absolute atomic E-state index is 6.25. The van der Waals surface area contributed by atoms with Crippen molar-refractivity contribution in [2.75, 3.05) is 39.5 Å². The van der Waals surface area contributed by atoms with E-state index in [0.717, 1.165) is 32.8 Å². The first-order valence-electron chi connectivity index (χ1n) is 9.11. The van der Waals surface area contributed by atoms with Crippen molar-refractivity contribution >= 4 is 24.8 Å². The summed E-state index contributed by atoms with van der Waals surface area (Å²) in [5.41, 5.74) is 2.38. The van der Waals surface area contributed by atoms with Gasteiger partial charge in [0.1, 0.15) is 6.10 Å². The first kappa shape index (κ1) is 23.9. The molecule has 1 heterocycles. The van der Waals surface area contributed by atoms with Crippen molar-refractivity contribution in [1.29, 1.82) is 0 Å². The fourth-order valence-corrected chi connectivity index (χ4v) is 3.18. The number of morpholine rings is 1. The van der Waals surface area contributed by atoms with Crippen molar-refractivity contribution in [3.05, 3.63) is 71.8 Å². The van der Waals surface area contributed by atoms with Crippen molar-refractivity contribution < 1.29 is 9.47 Å². The summed E-state index contributed by atoms with van der Waals surface area (Å²) in [5.74, 6) is 0. The molecule has 6 heteroatoms. The van der Waals surface area contributed by atoms with E-state index in [2.05, 4.69) is 65.7 Å². The summed E-state index contributed by atoms with van der Waals surface area (Å²) in [6.45, 7) is 7.34. The second kappa shape index (κ2) is 13.1. The molecule has 27 heavy (non-hydrogen) atoms. The predicted octanol–water partition coefficient (Wildman–Crippen LogP) is 3.90. The highest BCUT2D eigenvalue weighted by Gasteiger charge is 2.17. The molecule has 1 aliphatic heterocycles. The molecule has 1 unspecified atom stereocenters. The quantitative estimate of drug-likeness (QED) is 0.666. The molecule has 0 saturated carbocycles. The maximum Gasteiger partial charge on any atom is 0.108 e. The second-order valence-electron chi connectivity index (χ2n) is 6.35. The molecule has 1 aliphatic rings. The fourth-order valence-electron chi connectivity index (χ4n) is 3.18. The zero-order valence-electron chi connectivity index (χ0n) is 15.8. The van der Waals surface area contributed by atoms with E-state index in [9.17, 15) is 0 Å². The molecule has 0 aromatic heterocycles. The van der Waals surface area contributed by atoms with Crippen LogP contribution in [0.15, 0.2) is 60.7 Å². The Labute approximate surface area is 175 Å². The van der Waals surface area contributed by atoms with Crippen LogP contribution in [0.1, 0.15) is 24.2 Å². The monoisotopic (exact) mass is 412 g/mol. The molecule has 2 aromatic carbocycles. The van der Waals surface area contributed by atoms with Gasteiger partial charge in [-0.2, -0.15) is 0 Å². The molecule has 150 valence electrons. The van der Waals surface area contributed by atoms with Crippen molar-refractivity contribution in [1.82, 2.24) is 10.2 Å². The zero-order chi connectivity index (χ0) is 17.3. The fraction of sp³-hybridized carbons (Fsp3) is 0.429. The third-order valence-electron chi connectivity index (χ3n) is 4.62. The van der Waals surface area contributed by atoms with Gasteiger partial charge in [0.2, 0.25) is 0 Å². The lowest BCUT2D eigenvalue weighted by Gasteiger charge is -2.32. The molecule has 3 rings (SSSR count). The van der Waals surface area contributed by atoms with E-state index < -0.39 is 0 Å². The topological polar surface area (TPSA) is 33.7 Å². The molecule has 0 aliphatic carbocycles. The Morgan fingerprint density at radius 1 is 0.926 bits per heavy atom. The first-order valence-corrected chi connectivity index (χ1v) is 9.11. The third-order valence-corrected chi connectivity index (χ3v) is 4.62. The van der Waals surface area contributed by atoms with E-state index >= 15 is 0 Å². The van der Waals surface area contributed by atoms with Crippen LogP contribution in [0, 0.1) is 0 Å². The summed E-state index contributed by atoms with van der Waals surface area (Å²) in [5, 5.41) is 3.56. The Hall–Kier alpha value is -1.14. The number of hydrogen-bond acceptors (Lipinski definition) is 4. The number of nitrogens with zero attached hydrogens (tertiary/aromatic N) is 1. The molecule has 0 bridgehead atoms. The van der Waals surface area contributed by atoms with Crippen LogP contribution in [0.2, 0.25) is 0 Å². The Bertz CT molecular complexity index is 571. The molecule has 4 nitrogen and oxygen atoms in total. The summed E-state index contributed by atoms with van der Waals surface area (Å²) < 4.78 is 11.7. The highest BCUT2D eigenvalue weighted by molar-refractivity contribution is 5.85. The van der Waals surface area contributed by atoms with Crippen molar-refractivity contribution in [2.45, 2.75) is 19.2 Å². The van der Waals surface area contributed by atoms with Gasteiger partial charge in [0.05, 0.1) is 26.0 Å². The molecule has 1 atom stereocenters. The molecule has 2 aromatic rings. The molecule has 0 radical (unpaired) electrons. The second-order valence-corrected chi connectivity index (χ2v) is 6.35. The number of ether oxygens (including phenoxy) is 2. The van der Waals surface area contributed by atoms with Crippen LogP contribution < -0.4 is 5.32 Å². The van der Waals surface area contributed by atoms with Gasteiger partial charge in [0, 0.05) is 19.6 Å². The summed E-state index contributed by atoms with van der Waals surface area (Å²) in [6, 6.07) is 20.8. The Morgan fingerprint density at radius 3 is 1.96 bits per heavy atom. The van der Waals surface area contributed by atoms with Gasteiger partial charge in [-0.3, -0.25) is 10.2 Å². The maximum atomic E-state index is 6.25. The highest BCUT2D eigenvalue weighted by atomic mass is 35.5. The van der Waals surface area contributed by atoms with Gasteiger partial charge in [-0.05, 0) is 18.1 Å². The molecule has 0 spiro atoms. The minimum Gasteiger partial charge on any atom is -0.379 e. The summed E-state index contributed by atoms with van der Waals surface area (Å²) in [4.78, 5) is 2.41. The minimum atomic E-state index is -0.0251. The number of hydrogen-bond donors (Lipinski definition) is 1. The van der Waals surface area contributed by atoms with E-state index in [-0.39, 0.29) is 30.9 Å². The van der Waals surface area contributed by atoms with Gasteiger partial charge in [0.15, 0.2) is 0 Å². The van der Waals surface area contributed by atoms with E-state index in [1.54, 1.807) is 0 Å². The van der Waals surface area contributed by atoms with Crippen molar-refractivity contribution in [3.8, 4) is 0 Å². The summed E-state index contributed by atoms with van der Waals surface area (Å²) in [6.07, 6.45) is 0.322. The number of halogens is 2. The van der Waals surface area contributed by atoms with Crippen LogP contribution in [0.25, 0.3) is 0 Å². The number of nitrogens with one attached hydrogen (secondary N) is 1. The normalized spacial score (nSPS) is 15.6. The lowest BCUT2D eigenvalue weighted by molar-refractivity contribution is 0.00952. The molecule has 1 N–H and O–H groups in total. The van der Waals surface area contributed by atoms with E-state index in [1.165, 1.54) is 11.1 Å². The molecular formula is C21H30Cl2N2O2. The highest BCUT2D eigenvalue weighted by Crippen LogP contribution is 2.25. The van der Waals surface area contributed by atoms with Gasteiger partial charge in [-0.25, -0.2) is 0 Å². The Morgan fingerprint density at radius 2 is 1.44 bits per heavy atom. The average Bonchev–Trinajstić information content (AvgIpc) is 2.70. The third kappa shape index (κ3) is 7.41. The number of benzene rings is 2. The van der Waals surface area contributed by atoms with Gasteiger partial charge in [-0.15, -0.1) is 24.8 Å². The molecule has 1 fully saturated rings. The van der Waals surface area contributed by atoms with Crippen LogP contribution in [-0.4, -0.2) is 50.5 Å². The van der Waals surface area contributed by atoms with Gasteiger partial charge >= 0.3 is 0 Å². The lowest BCUT2D eigenvalue weighted by Crippen LogP contribution is -2.49. The zero-order valence-corrected chi connectivity index (χ0v) is 17.4. The SMILES string of the molecule is CC(NCCOC(c1ccccc1)c1ccccc1)N1CCOCC1.Cl.Cl. The average molecular weight is 413 g/mol. The van der Waals surface area contributed by atoms with Crippen LogP contribution in [-0.2, 0) is 9.47 Å². The standard InChI is InChI=1S/C21H28N2O2.2ClH/c1-18(23-13-16-24-17-14-23)22-12-15-25-21(19-8-4-2-5-9-19)20-10-6-3-7-11-20;;/h2-11,18,21-22H,12-17H2,1H3;2*1H. The smallest absolute Gasteiger partial charge is 0.108 e. The Kier molecular flexibility index (Phi) is 11.6. The molecular weight excluding hydrogens is 383 g/mol. The van der Waals surface area contributed by atoms with E-state index in [0.29, 0.717) is 12.8 Å². The first-order chi connectivity index (χ1) is 12.3. The summed E-state index contributed by atoms with van der Waals surface area (Å²) >= 11 is 0. The van der Waals surface area contributed by atoms with Gasteiger partial charge in [0.25, 0.3) is 0 Å². The van der Waals surface area contributed by atoms with Crippen LogP contribution >= 0.6 is 24.8 Å². The summed E-state index contributed by atoms with van der Waals surface area (Å²) in [7, 11) is 0. The van der Waals surface area contributed by atoms with Gasteiger partial charge in [-0.1, -0.05) is 60.7 Å². The molecule has 0 amide bonds. The Balaban J connectivity index is 0.00000182. The van der Waals surface area contributed by atoms with Gasteiger partial charge < -0.3 is 9.47 Å². The molecule has 1 saturated heterocycles. The van der Waals surface area contributed by atoms with Crippen LogP contribution in [0.3, 0.4) is 0 Å². The lowest BCUT2D eigenvalue weighted by atomic mass is 10.0. The predicted molar refractivity (Wildman–Crippen MR) is 115 cm³/mol. The van der Waals surface area contributed by atoms with E-state index in [1.807, 2.05) is 12.1 Å². The van der Waals surface area contributed by atoms with E-state index in [4.69, 9.17) is 9.47 Å². The van der Waals surface area contributed by atoms with Crippen LogP contribution in [0.5, 0.6) is 0 Å². The largest absolute Gasteiger partial charge is 0.379 e. The number of rotatable bonds is 8. The van der Waals surface area contributed by atoms with Crippen molar-refractivity contribution in [2.24, 2.45) is 0 Å². The van der Waals surface area contributed by atoms with Crippen molar-refractivity contribution in [3.63, 3.8) is 0 Å². The minimum absolute atomic E-state index is 0. The van der Waals surface area contributed by atoms with Crippen LogP contribution in [0.4, 0.5) is 0 Å².